The van der Waals surface area contributed by atoms with Crippen LogP contribution >= 0.6 is 11.6 Å². The first-order valence-electron chi connectivity index (χ1n) is 7.82. The van der Waals surface area contributed by atoms with Gasteiger partial charge in [0.15, 0.2) is 0 Å². The maximum absolute atomic E-state index is 6.18. The molecule has 1 N–H and O–H groups in total. The van der Waals surface area contributed by atoms with Gasteiger partial charge >= 0.3 is 0 Å². The molecule has 1 heterocycles. The molecule has 0 amide bonds. The number of aromatic nitrogens is 2. The van der Waals surface area contributed by atoms with Crippen molar-refractivity contribution in [1.29, 1.82) is 0 Å². The summed E-state index contributed by atoms with van der Waals surface area (Å²) in [4.78, 5) is 8.58. The lowest BCUT2D eigenvalue weighted by Gasteiger charge is -2.38. The van der Waals surface area contributed by atoms with Crippen LogP contribution in [0.3, 0.4) is 0 Å². The molecule has 0 aliphatic heterocycles. The van der Waals surface area contributed by atoms with Crippen LogP contribution in [-0.4, -0.2) is 22.6 Å². The molecular formula is C16H26ClN3O. The van der Waals surface area contributed by atoms with Crippen molar-refractivity contribution >= 4 is 17.5 Å². The lowest BCUT2D eigenvalue weighted by Crippen LogP contribution is -2.34. The highest BCUT2D eigenvalue weighted by Gasteiger charge is 2.33. The maximum Gasteiger partial charge on any atom is 0.237 e. The van der Waals surface area contributed by atoms with E-state index in [1.54, 1.807) is 6.20 Å². The fourth-order valence-corrected chi connectivity index (χ4v) is 3.40. The van der Waals surface area contributed by atoms with E-state index in [9.17, 15) is 0 Å². The Balaban J connectivity index is 2.07. The van der Waals surface area contributed by atoms with Crippen LogP contribution in [0, 0.1) is 11.3 Å². The number of halogens is 1. The van der Waals surface area contributed by atoms with Gasteiger partial charge in [0, 0.05) is 6.54 Å². The molecule has 1 aliphatic rings. The third-order valence-corrected chi connectivity index (χ3v) is 4.13. The summed E-state index contributed by atoms with van der Waals surface area (Å²) in [6, 6.07) is 0. The lowest BCUT2D eigenvalue weighted by atomic mass is 9.71. The summed E-state index contributed by atoms with van der Waals surface area (Å²) in [6.45, 7) is 9.83. The molecular weight excluding hydrogens is 286 g/mol. The number of anilines is 1. The van der Waals surface area contributed by atoms with E-state index in [0.29, 0.717) is 28.2 Å². The number of hydrogen-bond donors (Lipinski definition) is 1. The van der Waals surface area contributed by atoms with Gasteiger partial charge in [0.2, 0.25) is 11.8 Å². The molecule has 5 heteroatoms. The van der Waals surface area contributed by atoms with E-state index in [2.05, 4.69) is 43.0 Å². The fourth-order valence-electron chi connectivity index (χ4n) is 3.26. The van der Waals surface area contributed by atoms with Gasteiger partial charge in [-0.1, -0.05) is 39.3 Å². The highest BCUT2D eigenvalue weighted by atomic mass is 35.5. The van der Waals surface area contributed by atoms with Gasteiger partial charge in [-0.05, 0) is 37.0 Å². The highest BCUT2D eigenvalue weighted by molar-refractivity contribution is 6.31. The minimum atomic E-state index is 0.176. The zero-order valence-corrected chi connectivity index (χ0v) is 14.2. The molecule has 21 heavy (non-hydrogen) atoms. The molecule has 118 valence electrons. The summed E-state index contributed by atoms with van der Waals surface area (Å²) in [5.74, 6) is 1.75. The van der Waals surface area contributed by atoms with Crippen molar-refractivity contribution in [3.05, 3.63) is 11.2 Å². The molecule has 2 atom stereocenters. The summed E-state index contributed by atoms with van der Waals surface area (Å²) < 4.78 is 6.09. The van der Waals surface area contributed by atoms with E-state index >= 15 is 0 Å². The molecule has 0 radical (unpaired) electrons. The molecule has 2 rings (SSSR count). The summed E-state index contributed by atoms with van der Waals surface area (Å²) in [6.07, 6.45) is 6.15. The Labute approximate surface area is 132 Å². The number of nitrogens with one attached hydrogen (secondary N) is 1. The van der Waals surface area contributed by atoms with Crippen LogP contribution < -0.4 is 10.1 Å². The van der Waals surface area contributed by atoms with Crippen molar-refractivity contribution in [2.24, 2.45) is 11.3 Å². The quantitative estimate of drug-likeness (QED) is 0.867. The first-order valence-corrected chi connectivity index (χ1v) is 8.20. The predicted octanol–water partition coefficient (Wildman–Crippen LogP) is 4.55. The first-order chi connectivity index (χ1) is 9.89. The van der Waals surface area contributed by atoms with Gasteiger partial charge in [0.25, 0.3) is 0 Å². The predicted molar refractivity (Wildman–Crippen MR) is 87.0 cm³/mol. The Morgan fingerprint density at radius 3 is 2.86 bits per heavy atom. The van der Waals surface area contributed by atoms with Gasteiger partial charge in [-0.2, -0.15) is 4.98 Å². The number of hydrogen-bond acceptors (Lipinski definition) is 4. The molecule has 0 bridgehead atoms. The zero-order valence-electron chi connectivity index (χ0n) is 13.4. The van der Waals surface area contributed by atoms with Crippen LogP contribution in [0.4, 0.5) is 5.95 Å². The minimum Gasteiger partial charge on any atom is -0.473 e. The third-order valence-electron chi connectivity index (χ3n) is 3.87. The van der Waals surface area contributed by atoms with E-state index < -0.39 is 0 Å². The van der Waals surface area contributed by atoms with Crippen LogP contribution in [0.2, 0.25) is 5.02 Å². The number of nitrogens with zero attached hydrogens (tertiary/aromatic N) is 2. The van der Waals surface area contributed by atoms with Gasteiger partial charge in [-0.15, -0.1) is 0 Å². The SMILES string of the molecule is CCCNc1ncc(Cl)c(OC2CC(C)CC(C)(C)C2)n1. The molecule has 1 aromatic heterocycles. The van der Waals surface area contributed by atoms with Crippen LogP contribution in [0.25, 0.3) is 0 Å². The average molecular weight is 312 g/mol. The second kappa shape index (κ2) is 6.82. The largest absolute Gasteiger partial charge is 0.473 e. The zero-order chi connectivity index (χ0) is 15.5. The highest BCUT2D eigenvalue weighted by Crippen LogP contribution is 2.40. The standard InChI is InChI=1S/C16H26ClN3O/c1-5-6-18-15-19-10-13(17)14(20-15)21-12-7-11(2)8-16(3,4)9-12/h10-12H,5-9H2,1-4H3,(H,18,19,20). The first kappa shape index (κ1) is 16.3. The van der Waals surface area contributed by atoms with Crippen molar-refractivity contribution in [3.8, 4) is 5.88 Å². The topological polar surface area (TPSA) is 47.0 Å². The van der Waals surface area contributed by atoms with Gasteiger partial charge in [0.1, 0.15) is 11.1 Å². The molecule has 0 aromatic carbocycles. The monoisotopic (exact) mass is 311 g/mol. The molecule has 1 aliphatic carbocycles. The fraction of sp³-hybridized carbons (Fsp3) is 0.750. The lowest BCUT2D eigenvalue weighted by molar-refractivity contribution is 0.0533. The second-order valence-electron chi connectivity index (χ2n) is 6.93. The molecule has 1 saturated carbocycles. The molecule has 0 spiro atoms. The summed E-state index contributed by atoms with van der Waals surface area (Å²) >= 11 is 6.18. The van der Waals surface area contributed by atoms with E-state index in [1.165, 1.54) is 6.42 Å². The Morgan fingerprint density at radius 1 is 1.43 bits per heavy atom. The Bertz CT molecular complexity index is 479. The van der Waals surface area contributed by atoms with Crippen molar-refractivity contribution in [1.82, 2.24) is 9.97 Å². The van der Waals surface area contributed by atoms with Gasteiger partial charge in [-0.3, -0.25) is 0 Å². The molecule has 1 aromatic rings. The summed E-state index contributed by atoms with van der Waals surface area (Å²) in [7, 11) is 0. The Morgan fingerprint density at radius 2 is 2.19 bits per heavy atom. The Kier molecular flexibility index (Phi) is 5.31. The van der Waals surface area contributed by atoms with E-state index in [0.717, 1.165) is 25.8 Å². The summed E-state index contributed by atoms with van der Waals surface area (Å²) in [5, 5.41) is 3.64. The van der Waals surface area contributed by atoms with Crippen LogP contribution in [0.15, 0.2) is 6.20 Å². The smallest absolute Gasteiger partial charge is 0.237 e. The number of ether oxygens (including phenoxy) is 1. The molecule has 0 saturated heterocycles. The van der Waals surface area contributed by atoms with Gasteiger partial charge in [-0.25, -0.2) is 4.98 Å². The van der Waals surface area contributed by atoms with Gasteiger partial charge < -0.3 is 10.1 Å². The maximum atomic E-state index is 6.18. The number of rotatable bonds is 5. The van der Waals surface area contributed by atoms with E-state index in [-0.39, 0.29) is 6.10 Å². The van der Waals surface area contributed by atoms with Gasteiger partial charge in [0.05, 0.1) is 6.20 Å². The minimum absolute atomic E-state index is 0.176. The third kappa shape index (κ3) is 4.73. The van der Waals surface area contributed by atoms with Crippen molar-refractivity contribution < 1.29 is 4.74 Å². The van der Waals surface area contributed by atoms with E-state index in [4.69, 9.17) is 16.3 Å². The molecule has 2 unspecified atom stereocenters. The van der Waals surface area contributed by atoms with E-state index in [1.807, 2.05) is 0 Å². The molecule has 1 fully saturated rings. The Hall–Kier alpha value is -1.03. The van der Waals surface area contributed by atoms with Crippen molar-refractivity contribution in [2.45, 2.75) is 59.5 Å². The van der Waals surface area contributed by atoms with Crippen LogP contribution in [0.1, 0.15) is 53.4 Å². The summed E-state index contributed by atoms with van der Waals surface area (Å²) in [5.41, 5.74) is 0.311. The second-order valence-corrected chi connectivity index (χ2v) is 7.33. The molecule has 4 nitrogen and oxygen atoms in total. The van der Waals surface area contributed by atoms with Crippen LogP contribution in [0.5, 0.6) is 5.88 Å². The van der Waals surface area contributed by atoms with Crippen LogP contribution in [-0.2, 0) is 0 Å². The van der Waals surface area contributed by atoms with Crippen molar-refractivity contribution in [3.63, 3.8) is 0 Å². The normalized spacial score (nSPS) is 24.6. The average Bonchev–Trinajstić information content (AvgIpc) is 2.37. The van der Waals surface area contributed by atoms with Crippen molar-refractivity contribution in [2.75, 3.05) is 11.9 Å².